The van der Waals surface area contributed by atoms with Crippen molar-refractivity contribution in [2.75, 3.05) is 13.1 Å². The van der Waals surface area contributed by atoms with Crippen molar-refractivity contribution in [3.8, 4) is 11.8 Å². The third-order valence-electron chi connectivity index (χ3n) is 5.42. The van der Waals surface area contributed by atoms with E-state index in [4.69, 9.17) is 5.53 Å². The maximum absolute atomic E-state index is 8.68. The van der Waals surface area contributed by atoms with E-state index < -0.39 is 0 Å². The molecule has 1 aromatic rings. The number of likely N-dealkylation sites (tertiary alicyclic amines) is 1. The molecular weight excluding hydrogens is 332 g/mol. The van der Waals surface area contributed by atoms with Gasteiger partial charge in [0.15, 0.2) is 0 Å². The van der Waals surface area contributed by atoms with E-state index in [1.54, 1.807) is 0 Å². The summed E-state index contributed by atoms with van der Waals surface area (Å²) in [6.07, 6.45) is 12.6. The van der Waals surface area contributed by atoms with E-state index in [-0.39, 0.29) is 6.04 Å². The molecule has 4 heteroatoms. The SMILES string of the molecule is CCCCCCCCC[C@@H](C#Cc1ccccc1)N1CCC[C@H]1CN=[N+]=[N-]. The van der Waals surface area contributed by atoms with Crippen LogP contribution >= 0.6 is 0 Å². The molecule has 0 aromatic heterocycles. The third kappa shape index (κ3) is 8.08. The molecule has 1 aromatic carbocycles. The first-order valence-corrected chi connectivity index (χ1v) is 10.7. The molecule has 146 valence electrons. The third-order valence-corrected chi connectivity index (χ3v) is 5.42. The monoisotopic (exact) mass is 366 g/mol. The standard InChI is InChI=1S/C23H34N4/c1-2-3-4-5-6-7-11-15-22(18-17-21-13-9-8-10-14-21)27-19-12-16-23(27)20-25-26-24/h8-10,13-14,22-23H,2-7,11-12,15-16,19-20H2,1H3/t22-,23-/m0/s1. The zero-order valence-electron chi connectivity index (χ0n) is 16.8. The maximum atomic E-state index is 8.68. The van der Waals surface area contributed by atoms with Crippen LogP contribution in [0.5, 0.6) is 0 Å². The molecule has 1 heterocycles. The molecule has 1 fully saturated rings. The highest BCUT2D eigenvalue weighted by Crippen LogP contribution is 2.23. The van der Waals surface area contributed by atoms with Gasteiger partial charge in [-0.2, -0.15) is 0 Å². The van der Waals surface area contributed by atoms with Crippen molar-refractivity contribution in [3.63, 3.8) is 0 Å². The molecule has 1 aliphatic heterocycles. The average molecular weight is 367 g/mol. The molecule has 0 N–H and O–H groups in total. The summed E-state index contributed by atoms with van der Waals surface area (Å²) in [6, 6.07) is 10.9. The van der Waals surface area contributed by atoms with Crippen LogP contribution in [0, 0.1) is 11.8 Å². The fraction of sp³-hybridized carbons (Fsp3) is 0.652. The second-order valence-electron chi connectivity index (χ2n) is 7.51. The highest BCUT2D eigenvalue weighted by atomic mass is 15.2. The highest BCUT2D eigenvalue weighted by molar-refractivity contribution is 5.35. The Labute approximate surface area is 165 Å². The van der Waals surface area contributed by atoms with Gasteiger partial charge in [-0.25, -0.2) is 0 Å². The van der Waals surface area contributed by atoms with Gasteiger partial charge in [-0.1, -0.05) is 87.0 Å². The summed E-state index contributed by atoms with van der Waals surface area (Å²) in [5.74, 6) is 6.91. The summed E-state index contributed by atoms with van der Waals surface area (Å²) in [4.78, 5) is 5.45. The van der Waals surface area contributed by atoms with Crippen molar-refractivity contribution in [2.24, 2.45) is 5.11 Å². The predicted octanol–water partition coefficient (Wildman–Crippen LogP) is 6.32. The van der Waals surface area contributed by atoms with Crippen LogP contribution in [0.2, 0.25) is 0 Å². The first kappa shape index (κ1) is 21.4. The normalized spacial score (nSPS) is 17.7. The van der Waals surface area contributed by atoms with E-state index in [1.807, 2.05) is 18.2 Å². The van der Waals surface area contributed by atoms with Gasteiger partial charge in [-0.3, -0.25) is 4.90 Å². The van der Waals surface area contributed by atoms with Gasteiger partial charge in [0.25, 0.3) is 0 Å². The van der Waals surface area contributed by atoms with Crippen molar-refractivity contribution < 1.29 is 0 Å². The quantitative estimate of drug-likeness (QED) is 0.149. The summed E-state index contributed by atoms with van der Waals surface area (Å²) >= 11 is 0. The number of rotatable bonds is 11. The van der Waals surface area contributed by atoms with Crippen molar-refractivity contribution in [1.29, 1.82) is 0 Å². The number of nitrogens with zero attached hydrogens (tertiary/aromatic N) is 4. The van der Waals surface area contributed by atoms with Crippen LogP contribution in [-0.2, 0) is 0 Å². The van der Waals surface area contributed by atoms with Gasteiger partial charge in [0, 0.05) is 23.1 Å². The molecule has 1 saturated heterocycles. The van der Waals surface area contributed by atoms with E-state index in [9.17, 15) is 0 Å². The summed E-state index contributed by atoms with van der Waals surface area (Å²) < 4.78 is 0. The number of unbranched alkanes of at least 4 members (excludes halogenated alkanes) is 6. The molecular formula is C23H34N4. The van der Waals surface area contributed by atoms with Crippen LogP contribution in [0.4, 0.5) is 0 Å². The predicted molar refractivity (Wildman–Crippen MR) is 113 cm³/mol. The van der Waals surface area contributed by atoms with E-state index in [2.05, 4.69) is 45.8 Å². The summed E-state index contributed by atoms with van der Waals surface area (Å²) in [7, 11) is 0. The highest BCUT2D eigenvalue weighted by Gasteiger charge is 2.29. The summed E-state index contributed by atoms with van der Waals surface area (Å²) in [6.45, 7) is 3.89. The Bertz CT molecular complexity index is 625. The molecule has 2 rings (SSSR count). The van der Waals surface area contributed by atoms with Crippen LogP contribution in [0.25, 0.3) is 10.4 Å². The molecule has 0 amide bonds. The van der Waals surface area contributed by atoms with E-state index in [1.165, 1.54) is 51.4 Å². The number of benzene rings is 1. The van der Waals surface area contributed by atoms with E-state index in [0.29, 0.717) is 12.6 Å². The fourth-order valence-corrected chi connectivity index (χ4v) is 3.90. The molecule has 27 heavy (non-hydrogen) atoms. The average Bonchev–Trinajstić information content (AvgIpc) is 3.17. The van der Waals surface area contributed by atoms with Crippen LogP contribution in [-0.4, -0.2) is 30.1 Å². The molecule has 1 aliphatic rings. The fourth-order valence-electron chi connectivity index (χ4n) is 3.90. The van der Waals surface area contributed by atoms with Crippen LogP contribution in [0.15, 0.2) is 35.4 Å². The molecule has 0 aliphatic carbocycles. The largest absolute Gasteiger partial charge is 0.287 e. The van der Waals surface area contributed by atoms with Gasteiger partial charge in [-0.15, -0.1) is 0 Å². The van der Waals surface area contributed by atoms with Crippen molar-refractivity contribution in [3.05, 3.63) is 46.3 Å². The van der Waals surface area contributed by atoms with Crippen molar-refractivity contribution in [1.82, 2.24) is 4.90 Å². The zero-order chi connectivity index (χ0) is 19.2. The topological polar surface area (TPSA) is 52.0 Å². The van der Waals surface area contributed by atoms with Gasteiger partial charge < -0.3 is 0 Å². The zero-order valence-corrected chi connectivity index (χ0v) is 16.8. The van der Waals surface area contributed by atoms with Gasteiger partial charge in [0.05, 0.1) is 6.04 Å². The van der Waals surface area contributed by atoms with E-state index >= 15 is 0 Å². The second kappa shape index (κ2) is 13.3. The van der Waals surface area contributed by atoms with Crippen molar-refractivity contribution in [2.45, 2.75) is 83.2 Å². The van der Waals surface area contributed by atoms with E-state index in [0.717, 1.165) is 24.9 Å². The number of hydrogen-bond donors (Lipinski definition) is 0. The lowest BCUT2D eigenvalue weighted by atomic mass is 10.0. The lowest BCUT2D eigenvalue weighted by molar-refractivity contribution is 0.209. The molecule has 0 radical (unpaired) electrons. The molecule has 0 spiro atoms. The number of azide groups is 1. The van der Waals surface area contributed by atoms with Crippen LogP contribution in [0.1, 0.15) is 76.7 Å². The Morgan fingerprint density at radius 2 is 1.89 bits per heavy atom. The Morgan fingerprint density at radius 3 is 2.63 bits per heavy atom. The number of hydrogen-bond acceptors (Lipinski definition) is 2. The van der Waals surface area contributed by atoms with Crippen LogP contribution < -0.4 is 0 Å². The van der Waals surface area contributed by atoms with Crippen LogP contribution in [0.3, 0.4) is 0 Å². The smallest absolute Gasteiger partial charge is 0.0720 e. The summed E-state index contributed by atoms with van der Waals surface area (Å²) in [5, 5.41) is 3.83. The Hall–Kier alpha value is -1.95. The van der Waals surface area contributed by atoms with Gasteiger partial charge in [0.1, 0.15) is 0 Å². The minimum Gasteiger partial charge on any atom is -0.287 e. The Balaban J connectivity index is 1.94. The van der Waals surface area contributed by atoms with Gasteiger partial charge >= 0.3 is 0 Å². The molecule has 4 nitrogen and oxygen atoms in total. The maximum Gasteiger partial charge on any atom is 0.0720 e. The molecule has 0 unspecified atom stereocenters. The lowest BCUT2D eigenvalue weighted by Crippen LogP contribution is -2.39. The Morgan fingerprint density at radius 1 is 1.15 bits per heavy atom. The lowest BCUT2D eigenvalue weighted by Gasteiger charge is -2.29. The minimum atomic E-state index is 0.266. The Kier molecular flexibility index (Phi) is 10.5. The first-order valence-electron chi connectivity index (χ1n) is 10.7. The van der Waals surface area contributed by atoms with Crippen molar-refractivity contribution >= 4 is 0 Å². The molecule has 0 saturated carbocycles. The molecule has 0 bridgehead atoms. The first-order chi connectivity index (χ1) is 13.3. The van der Waals surface area contributed by atoms with Gasteiger partial charge in [0.2, 0.25) is 0 Å². The summed E-state index contributed by atoms with van der Waals surface area (Å²) in [5.41, 5.74) is 9.75. The molecule has 2 atom stereocenters. The van der Waals surface area contributed by atoms with Gasteiger partial charge in [-0.05, 0) is 43.5 Å². The second-order valence-corrected chi connectivity index (χ2v) is 7.51. The minimum absolute atomic E-state index is 0.266.